The van der Waals surface area contributed by atoms with Gasteiger partial charge in [0.15, 0.2) is 0 Å². The standard InChI is InChI=1S/C16H25NS/c1-3-16(15-8-6-13(2)7-9-15)17-11-14-5-4-10-18-12-14/h6-9,14,16-17H,3-5,10-12H2,1-2H3. The summed E-state index contributed by atoms with van der Waals surface area (Å²) in [5.41, 5.74) is 2.78. The normalized spacial score (nSPS) is 21.8. The SMILES string of the molecule is CCC(NCC1CCCSC1)c1ccc(C)cc1. The van der Waals surface area contributed by atoms with Gasteiger partial charge >= 0.3 is 0 Å². The van der Waals surface area contributed by atoms with Gasteiger partial charge in [-0.25, -0.2) is 0 Å². The van der Waals surface area contributed by atoms with E-state index in [-0.39, 0.29) is 0 Å². The van der Waals surface area contributed by atoms with Gasteiger partial charge in [-0.3, -0.25) is 0 Å². The molecule has 0 spiro atoms. The molecule has 1 aromatic rings. The molecule has 0 radical (unpaired) electrons. The maximum Gasteiger partial charge on any atom is 0.0317 e. The van der Waals surface area contributed by atoms with Gasteiger partial charge < -0.3 is 5.32 Å². The van der Waals surface area contributed by atoms with Gasteiger partial charge in [0.05, 0.1) is 0 Å². The highest BCUT2D eigenvalue weighted by Gasteiger charge is 2.16. The Labute approximate surface area is 116 Å². The Bertz CT molecular complexity index is 341. The maximum atomic E-state index is 3.76. The number of thioether (sulfide) groups is 1. The number of rotatable bonds is 5. The van der Waals surface area contributed by atoms with Crippen LogP contribution in [0.4, 0.5) is 0 Å². The van der Waals surface area contributed by atoms with Gasteiger partial charge in [0, 0.05) is 6.04 Å². The van der Waals surface area contributed by atoms with Crippen molar-refractivity contribution in [1.29, 1.82) is 0 Å². The summed E-state index contributed by atoms with van der Waals surface area (Å²) in [7, 11) is 0. The van der Waals surface area contributed by atoms with E-state index in [2.05, 4.69) is 55.2 Å². The Hall–Kier alpha value is -0.470. The molecular weight excluding hydrogens is 238 g/mol. The molecule has 0 aliphatic carbocycles. The van der Waals surface area contributed by atoms with Crippen LogP contribution < -0.4 is 5.32 Å². The van der Waals surface area contributed by atoms with E-state index in [9.17, 15) is 0 Å². The van der Waals surface area contributed by atoms with E-state index in [1.165, 1.54) is 48.4 Å². The van der Waals surface area contributed by atoms with Crippen molar-refractivity contribution >= 4 is 11.8 Å². The molecular formula is C16H25NS. The summed E-state index contributed by atoms with van der Waals surface area (Å²) in [4.78, 5) is 0. The van der Waals surface area contributed by atoms with Crippen molar-refractivity contribution in [3.8, 4) is 0 Å². The highest BCUT2D eigenvalue weighted by molar-refractivity contribution is 7.99. The predicted molar refractivity (Wildman–Crippen MR) is 82.3 cm³/mol. The lowest BCUT2D eigenvalue weighted by atomic mass is 10.0. The number of nitrogens with one attached hydrogen (secondary N) is 1. The number of aryl methyl sites for hydroxylation is 1. The summed E-state index contributed by atoms with van der Waals surface area (Å²) in [6.45, 7) is 5.60. The highest BCUT2D eigenvalue weighted by atomic mass is 32.2. The molecule has 0 amide bonds. The minimum absolute atomic E-state index is 0.525. The molecule has 1 aromatic carbocycles. The minimum Gasteiger partial charge on any atom is -0.310 e. The first-order valence-electron chi connectivity index (χ1n) is 7.17. The Morgan fingerprint density at radius 2 is 2.11 bits per heavy atom. The highest BCUT2D eigenvalue weighted by Crippen LogP contribution is 2.23. The van der Waals surface area contributed by atoms with E-state index in [1.54, 1.807) is 0 Å². The van der Waals surface area contributed by atoms with Crippen molar-refractivity contribution in [1.82, 2.24) is 5.32 Å². The van der Waals surface area contributed by atoms with E-state index < -0.39 is 0 Å². The van der Waals surface area contributed by atoms with Crippen LogP contribution in [0.5, 0.6) is 0 Å². The lowest BCUT2D eigenvalue weighted by Gasteiger charge is -2.25. The van der Waals surface area contributed by atoms with E-state index in [1.807, 2.05) is 0 Å². The van der Waals surface area contributed by atoms with Gasteiger partial charge in [-0.2, -0.15) is 11.8 Å². The van der Waals surface area contributed by atoms with Crippen LogP contribution in [0, 0.1) is 12.8 Å². The fraction of sp³-hybridized carbons (Fsp3) is 0.625. The zero-order valence-electron chi connectivity index (χ0n) is 11.6. The van der Waals surface area contributed by atoms with E-state index in [4.69, 9.17) is 0 Å². The van der Waals surface area contributed by atoms with Gasteiger partial charge in [0.2, 0.25) is 0 Å². The van der Waals surface area contributed by atoms with Crippen molar-refractivity contribution in [3.05, 3.63) is 35.4 Å². The number of hydrogen-bond donors (Lipinski definition) is 1. The minimum atomic E-state index is 0.525. The molecule has 1 fully saturated rings. The zero-order valence-corrected chi connectivity index (χ0v) is 12.4. The molecule has 2 heteroatoms. The quantitative estimate of drug-likeness (QED) is 0.855. The average Bonchev–Trinajstić information content (AvgIpc) is 2.42. The molecule has 1 N–H and O–H groups in total. The molecule has 0 aromatic heterocycles. The third-order valence-electron chi connectivity index (χ3n) is 3.80. The first kappa shape index (κ1) is 14.0. The monoisotopic (exact) mass is 263 g/mol. The number of benzene rings is 1. The van der Waals surface area contributed by atoms with Crippen LogP contribution in [0.1, 0.15) is 43.4 Å². The third kappa shape index (κ3) is 4.03. The average molecular weight is 263 g/mol. The van der Waals surface area contributed by atoms with Crippen molar-refractivity contribution in [2.75, 3.05) is 18.1 Å². The molecule has 2 atom stereocenters. The molecule has 100 valence electrons. The van der Waals surface area contributed by atoms with Crippen LogP contribution in [0.3, 0.4) is 0 Å². The topological polar surface area (TPSA) is 12.0 Å². The van der Waals surface area contributed by atoms with Crippen molar-refractivity contribution in [2.24, 2.45) is 5.92 Å². The lowest BCUT2D eigenvalue weighted by Crippen LogP contribution is -2.29. The van der Waals surface area contributed by atoms with Gasteiger partial charge in [0.25, 0.3) is 0 Å². The summed E-state index contributed by atoms with van der Waals surface area (Å²) in [6, 6.07) is 9.50. The first-order chi connectivity index (χ1) is 8.79. The Morgan fingerprint density at radius 3 is 2.72 bits per heavy atom. The molecule has 18 heavy (non-hydrogen) atoms. The molecule has 1 aliphatic heterocycles. The van der Waals surface area contributed by atoms with Gasteiger partial charge in [-0.1, -0.05) is 36.8 Å². The van der Waals surface area contributed by atoms with Crippen molar-refractivity contribution < 1.29 is 0 Å². The summed E-state index contributed by atoms with van der Waals surface area (Å²) in [5.74, 6) is 3.59. The molecule has 1 heterocycles. The molecule has 0 saturated carbocycles. The third-order valence-corrected chi connectivity index (χ3v) is 5.08. The van der Waals surface area contributed by atoms with Gasteiger partial charge in [-0.15, -0.1) is 0 Å². The molecule has 1 aliphatic rings. The van der Waals surface area contributed by atoms with Crippen LogP contribution in [0.25, 0.3) is 0 Å². The van der Waals surface area contributed by atoms with Crippen LogP contribution in [0.2, 0.25) is 0 Å². The van der Waals surface area contributed by atoms with Crippen molar-refractivity contribution in [2.45, 2.75) is 39.2 Å². The smallest absolute Gasteiger partial charge is 0.0317 e. The largest absolute Gasteiger partial charge is 0.310 e. The van der Waals surface area contributed by atoms with Gasteiger partial charge in [0.1, 0.15) is 0 Å². The van der Waals surface area contributed by atoms with E-state index in [0.29, 0.717) is 6.04 Å². The lowest BCUT2D eigenvalue weighted by molar-refractivity contribution is 0.425. The molecule has 2 unspecified atom stereocenters. The molecule has 1 nitrogen and oxygen atoms in total. The van der Waals surface area contributed by atoms with Gasteiger partial charge in [-0.05, 0) is 55.7 Å². The van der Waals surface area contributed by atoms with E-state index in [0.717, 1.165) is 5.92 Å². The Morgan fingerprint density at radius 1 is 1.33 bits per heavy atom. The summed E-state index contributed by atoms with van der Waals surface area (Å²) < 4.78 is 0. The molecule has 2 rings (SSSR count). The van der Waals surface area contributed by atoms with Crippen LogP contribution in [0.15, 0.2) is 24.3 Å². The second-order valence-electron chi connectivity index (χ2n) is 5.36. The Kier molecular flexibility index (Phi) is 5.58. The second-order valence-corrected chi connectivity index (χ2v) is 6.51. The zero-order chi connectivity index (χ0) is 12.8. The van der Waals surface area contributed by atoms with E-state index >= 15 is 0 Å². The van der Waals surface area contributed by atoms with Crippen molar-refractivity contribution in [3.63, 3.8) is 0 Å². The predicted octanol–water partition coefficient (Wildman–Crippen LogP) is 4.18. The fourth-order valence-electron chi connectivity index (χ4n) is 2.57. The first-order valence-corrected chi connectivity index (χ1v) is 8.32. The second kappa shape index (κ2) is 7.20. The summed E-state index contributed by atoms with van der Waals surface area (Å²) >= 11 is 2.12. The summed E-state index contributed by atoms with van der Waals surface area (Å²) in [5, 5.41) is 3.76. The number of hydrogen-bond acceptors (Lipinski definition) is 2. The van der Waals surface area contributed by atoms with Crippen LogP contribution in [-0.4, -0.2) is 18.1 Å². The fourth-order valence-corrected chi connectivity index (χ4v) is 3.73. The maximum absolute atomic E-state index is 3.76. The summed E-state index contributed by atoms with van der Waals surface area (Å²) in [6.07, 6.45) is 3.98. The molecule has 1 saturated heterocycles. The Balaban J connectivity index is 1.86. The van der Waals surface area contributed by atoms with Crippen LogP contribution >= 0.6 is 11.8 Å². The molecule has 0 bridgehead atoms. The van der Waals surface area contributed by atoms with Crippen LogP contribution in [-0.2, 0) is 0 Å².